The maximum atomic E-state index is 13.9. The van der Waals surface area contributed by atoms with Gasteiger partial charge in [0.05, 0.1) is 0 Å². The monoisotopic (exact) mass is 297 g/mol. The van der Waals surface area contributed by atoms with Crippen LogP contribution in [-0.4, -0.2) is 18.2 Å². The maximum absolute atomic E-state index is 13.9. The van der Waals surface area contributed by atoms with Crippen molar-refractivity contribution in [1.29, 1.82) is 0 Å². The summed E-state index contributed by atoms with van der Waals surface area (Å²) < 4.78 is 20.0. The zero-order chi connectivity index (χ0) is 14.9. The number of rotatable bonds is 3. The van der Waals surface area contributed by atoms with Gasteiger partial charge in [-0.3, -0.25) is 0 Å². The van der Waals surface area contributed by atoms with Gasteiger partial charge in [-0.15, -0.1) is 0 Å². The molecule has 0 unspecified atom stereocenters. The standard InChI is InChI=1S/C19H20FNO/c20-15-8-14(13-4-2-1-3-5-13)9-18(10-15)22-19-11-16-6-7-17(12-19)21-16/h1-5,8-10,16-17,19,21H,6-7,11-12H2/t16-,17+,19-. The molecule has 22 heavy (non-hydrogen) atoms. The Kier molecular flexibility index (Phi) is 3.59. The van der Waals surface area contributed by atoms with Crippen LogP contribution in [0, 0.1) is 5.82 Å². The predicted octanol–water partition coefficient (Wildman–Crippen LogP) is 4.15. The maximum Gasteiger partial charge on any atom is 0.127 e. The Morgan fingerprint density at radius 2 is 1.64 bits per heavy atom. The molecule has 2 fully saturated rings. The first-order chi connectivity index (χ1) is 10.8. The molecule has 2 heterocycles. The van der Waals surface area contributed by atoms with Crippen molar-refractivity contribution in [2.75, 3.05) is 0 Å². The fraction of sp³-hybridized carbons (Fsp3) is 0.368. The Hall–Kier alpha value is -1.87. The van der Waals surface area contributed by atoms with Crippen molar-refractivity contribution < 1.29 is 9.13 Å². The number of fused-ring (bicyclic) bond motifs is 2. The van der Waals surface area contributed by atoms with Crippen molar-refractivity contribution >= 4 is 0 Å². The average molecular weight is 297 g/mol. The molecule has 0 aliphatic carbocycles. The average Bonchev–Trinajstić information content (AvgIpc) is 2.86. The number of nitrogens with one attached hydrogen (secondary N) is 1. The molecule has 4 rings (SSSR count). The lowest BCUT2D eigenvalue weighted by Gasteiger charge is -2.29. The smallest absolute Gasteiger partial charge is 0.127 e. The molecular formula is C19H20FNO. The minimum atomic E-state index is -0.242. The van der Waals surface area contributed by atoms with Gasteiger partial charge in [-0.05, 0) is 48.9 Å². The summed E-state index contributed by atoms with van der Waals surface area (Å²) in [7, 11) is 0. The lowest BCUT2D eigenvalue weighted by molar-refractivity contribution is 0.137. The van der Waals surface area contributed by atoms with E-state index in [1.165, 1.54) is 18.9 Å². The molecule has 2 bridgehead atoms. The highest BCUT2D eigenvalue weighted by Crippen LogP contribution is 2.31. The van der Waals surface area contributed by atoms with Gasteiger partial charge in [-0.25, -0.2) is 4.39 Å². The van der Waals surface area contributed by atoms with Crippen molar-refractivity contribution in [3.63, 3.8) is 0 Å². The highest BCUT2D eigenvalue weighted by atomic mass is 19.1. The number of halogens is 1. The van der Waals surface area contributed by atoms with Gasteiger partial charge < -0.3 is 10.1 Å². The molecule has 2 aliphatic rings. The molecular weight excluding hydrogens is 277 g/mol. The summed E-state index contributed by atoms with van der Waals surface area (Å²) in [6.07, 6.45) is 4.72. The van der Waals surface area contributed by atoms with E-state index in [1.54, 1.807) is 6.07 Å². The van der Waals surface area contributed by atoms with Gasteiger partial charge in [0.2, 0.25) is 0 Å². The quantitative estimate of drug-likeness (QED) is 0.918. The summed E-state index contributed by atoms with van der Waals surface area (Å²) in [5.41, 5.74) is 1.88. The highest BCUT2D eigenvalue weighted by molar-refractivity contribution is 5.65. The Morgan fingerprint density at radius 3 is 2.36 bits per heavy atom. The number of ether oxygens (including phenoxy) is 1. The van der Waals surface area contributed by atoms with Gasteiger partial charge in [0.25, 0.3) is 0 Å². The van der Waals surface area contributed by atoms with Crippen molar-refractivity contribution in [1.82, 2.24) is 5.32 Å². The van der Waals surface area contributed by atoms with Gasteiger partial charge in [0.15, 0.2) is 0 Å². The summed E-state index contributed by atoms with van der Waals surface area (Å²) in [6.45, 7) is 0. The van der Waals surface area contributed by atoms with Crippen LogP contribution in [0.3, 0.4) is 0 Å². The SMILES string of the molecule is Fc1cc(O[C@@H]2C[C@H]3CC[C@@H](C2)N3)cc(-c2ccccc2)c1. The van der Waals surface area contributed by atoms with Crippen LogP contribution in [0.5, 0.6) is 5.75 Å². The molecule has 0 spiro atoms. The Labute approximate surface area is 130 Å². The fourth-order valence-corrected chi connectivity index (χ4v) is 3.72. The molecule has 0 saturated carbocycles. The van der Waals surface area contributed by atoms with E-state index in [4.69, 9.17) is 4.74 Å². The minimum Gasteiger partial charge on any atom is -0.490 e. The molecule has 2 aromatic rings. The summed E-state index contributed by atoms with van der Waals surface area (Å²) in [5, 5.41) is 3.60. The first kappa shape index (κ1) is 13.8. The van der Waals surface area contributed by atoms with Crippen LogP contribution in [0.15, 0.2) is 48.5 Å². The number of hydrogen-bond donors (Lipinski definition) is 1. The van der Waals surface area contributed by atoms with Crippen LogP contribution in [0.4, 0.5) is 4.39 Å². The second kappa shape index (κ2) is 5.73. The first-order valence-electron chi connectivity index (χ1n) is 8.05. The van der Waals surface area contributed by atoms with Gasteiger partial charge in [0, 0.05) is 18.2 Å². The van der Waals surface area contributed by atoms with Gasteiger partial charge >= 0.3 is 0 Å². The molecule has 2 nitrogen and oxygen atoms in total. The number of hydrogen-bond acceptors (Lipinski definition) is 2. The molecule has 0 amide bonds. The van der Waals surface area contributed by atoms with Crippen molar-refractivity contribution in [3.05, 3.63) is 54.3 Å². The third kappa shape index (κ3) is 2.86. The Morgan fingerprint density at radius 1 is 0.909 bits per heavy atom. The third-order valence-electron chi connectivity index (χ3n) is 4.71. The van der Waals surface area contributed by atoms with Crippen molar-refractivity contribution in [2.24, 2.45) is 0 Å². The van der Waals surface area contributed by atoms with Crippen LogP contribution in [0.25, 0.3) is 11.1 Å². The number of benzene rings is 2. The molecule has 2 aliphatic heterocycles. The molecule has 2 saturated heterocycles. The zero-order valence-corrected chi connectivity index (χ0v) is 12.5. The van der Waals surface area contributed by atoms with E-state index < -0.39 is 0 Å². The van der Waals surface area contributed by atoms with Crippen LogP contribution >= 0.6 is 0 Å². The molecule has 2 aromatic carbocycles. The van der Waals surface area contributed by atoms with Gasteiger partial charge in [-0.2, -0.15) is 0 Å². The summed E-state index contributed by atoms with van der Waals surface area (Å²) in [5.74, 6) is 0.401. The second-order valence-corrected chi connectivity index (χ2v) is 6.39. The summed E-state index contributed by atoms with van der Waals surface area (Å²) >= 11 is 0. The zero-order valence-electron chi connectivity index (χ0n) is 12.5. The fourth-order valence-electron chi connectivity index (χ4n) is 3.72. The molecule has 1 N–H and O–H groups in total. The Bertz CT molecular complexity index is 646. The Balaban J connectivity index is 1.56. The van der Waals surface area contributed by atoms with Crippen molar-refractivity contribution in [2.45, 2.75) is 43.9 Å². The molecule has 3 atom stereocenters. The van der Waals surface area contributed by atoms with E-state index >= 15 is 0 Å². The lowest BCUT2D eigenvalue weighted by atomic mass is 10.0. The second-order valence-electron chi connectivity index (χ2n) is 6.39. The third-order valence-corrected chi connectivity index (χ3v) is 4.71. The van der Waals surface area contributed by atoms with Crippen molar-refractivity contribution in [3.8, 4) is 16.9 Å². The van der Waals surface area contributed by atoms with Gasteiger partial charge in [0.1, 0.15) is 17.7 Å². The molecule has 3 heteroatoms. The van der Waals surface area contributed by atoms with E-state index in [-0.39, 0.29) is 11.9 Å². The summed E-state index contributed by atoms with van der Waals surface area (Å²) in [6, 6.07) is 16.0. The molecule has 0 aromatic heterocycles. The van der Waals surface area contributed by atoms with E-state index in [1.807, 2.05) is 36.4 Å². The van der Waals surface area contributed by atoms with E-state index in [0.29, 0.717) is 17.8 Å². The largest absolute Gasteiger partial charge is 0.490 e. The summed E-state index contributed by atoms with van der Waals surface area (Å²) in [4.78, 5) is 0. The predicted molar refractivity (Wildman–Crippen MR) is 85.4 cm³/mol. The van der Waals surface area contributed by atoms with Crippen LogP contribution in [-0.2, 0) is 0 Å². The van der Waals surface area contributed by atoms with Gasteiger partial charge in [-0.1, -0.05) is 30.3 Å². The minimum absolute atomic E-state index is 0.198. The van der Waals surface area contributed by atoms with E-state index in [9.17, 15) is 4.39 Å². The van der Waals surface area contributed by atoms with Crippen LogP contribution in [0.1, 0.15) is 25.7 Å². The normalized spacial score (nSPS) is 26.9. The number of piperidine rings is 1. The molecule has 0 radical (unpaired) electrons. The topological polar surface area (TPSA) is 21.3 Å². The lowest BCUT2D eigenvalue weighted by Crippen LogP contribution is -2.42. The van der Waals surface area contributed by atoms with Crippen LogP contribution < -0.4 is 10.1 Å². The van der Waals surface area contributed by atoms with E-state index in [0.717, 1.165) is 24.0 Å². The first-order valence-corrected chi connectivity index (χ1v) is 8.05. The molecule has 114 valence electrons. The van der Waals surface area contributed by atoms with E-state index in [2.05, 4.69) is 5.32 Å². The highest BCUT2D eigenvalue weighted by Gasteiger charge is 2.34. The van der Waals surface area contributed by atoms with Crippen LogP contribution in [0.2, 0.25) is 0 Å².